The van der Waals surface area contributed by atoms with Gasteiger partial charge in [-0.2, -0.15) is 0 Å². The van der Waals surface area contributed by atoms with Crippen molar-refractivity contribution in [3.8, 4) is 27.9 Å². The summed E-state index contributed by atoms with van der Waals surface area (Å²) < 4.78 is 9.41. The summed E-state index contributed by atoms with van der Waals surface area (Å²) in [7, 11) is 0. The third-order valence-corrected chi connectivity index (χ3v) is 10.7. The Hall–Kier alpha value is -6.00. The summed E-state index contributed by atoms with van der Waals surface area (Å²) in [6, 6.07) is 51.3. The van der Waals surface area contributed by atoms with Crippen molar-refractivity contribution >= 4 is 72.9 Å². The first-order valence-electron chi connectivity index (χ1n) is 16.7. The van der Waals surface area contributed by atoms with Crippen LogP contribution < -0.4 is 15.7 Å². The van der Waals surface area contributed by atoms with Crippen molar-refractivity contribution in [3.05, 3.63) is 151 Å². The lowest BCUT2D eigenvalue weighted by atomic mass is 9.43. The standard InChI is InChI=1S/C44H29BN2O/c1-26-16-19-29(20-17-26)47-38-23-21-31-30-12-7-9-15-39(30)48-44(31)41(38)34-25-33(28-10-4-3-5-11-28)40-32-13-6-8-14-36(32)46-37-22-18-27(2)24-35(37)45(47)42(34)43(40)46/h3-25H,1-2H3. The van der Waals surface area contributed by atoms with E-state index in [1.807, 2.05) is 0 Å². The van der Waals surface area contributed by atoms with Crippen molar-refractivity contribution in [2.75, 3.05) is 4.81 Å². The minimum atomic E-state index is -0.0314. The minimum absolute atomic E-state index is 0.0314. The number of anilines is 2. The van der Waals surface area contributed by atoms with Crippen LogP contribution in [0.5, 0.6) is 0 Å². The monoisotopic (exact) mass is 612 g/mol. The number of rotatable bonds is 2. The molecule has 11 rings (SSSR count). The van der Waals surface area contributed by atoms with Gasteiger partial charge in [-0.05, 0) is 90.0 Å². The molecule has 2 aliphatic rings. The zero-order valence-electron chi connectivity index (χ0n) is 26.7. The molecular weight excluding hydrogens is 583 g/mol. The van der Waals surface area contributed by atoms with Crippen molar-refractivity contribution in [2.24, 2.45) is 0 Å². The van der Waals surface area contributed by atoms with Crippen LogP contribution in [0.15, 0.2) is 144 Å². The number of aryl methyl sites for hydroxylation is 2. The maximum absolute atomic E-state index is 6.87. The van der Waals surface area contributed by atoms with Crippen molar-refractivity contribution in [3.63, 3.8) is 0 Å². The van der Waals surface area contributed by atoms with Gasteiger partial charge >= 0.3 is 6.85 Å². The van der Waals surface area contributed by atoms with Gasteiger partial charge in [0.15, 0.2) is 0 Å². The van der Waals surface area contributed by atoms with Gasteiger partial charge < -0.3 is 13.8 Å². The highest BCUT2D eigenvalue weighted by Crippen LogP contribution is 2.51. The van der Waals surface area contributed by atoms with Crippen molar-refractivity contribution in [2.45, 2.75) is 13.8 Å². The maximum Gasteiger partial charge on any atom is 0.333 e. The van der Waals surface area contributed by atoms with E-state index in [0.29, 0.717) is 0 Å². The lowest BCUT2D eigenvalue weighted by molar-refractivity contribution is 0.670. The van der Waals surface area contributed by atoms with E-state index in [0.717, 1.165) is 27.5 Å². The largest absolute Gasteiger partial charge is 0.455 e. The van der Waals surface area contributed by atoms with Gasteiger partial charge in [0.05, 0.1) is 11.0 Å². The van der Waals surface area contributed by atoms with E-state index in [-0.39, 0.29) is 6.85 Å². The third-order valence-electron chi connectivity index (χ3n) is 10.7. The van der Waals surface area contributed by atoms with Crippen LogP contribution in [0.2, 0.25) is 0 Å². The molecule has 2 aromatic heterocycles. The van der Waals surface area contributed by atoms with Crippen LogP contribution in [0.3, 0.4) is 0 Å². The fourth-order valence-corrected chi connectivity index (χ4v) is 8.66. The Morgan fingerprint density at radius 1 is 0.583 bits per heavy atom. The van der Waals surface area contributed by atoms with Gasteiger partial charge in [0.25, 0.3) is 0 Å². The van der Waals surface area contributed by atoms with Crippen molar-refractivity contribution < 1.29 is 4.42 Å². The second-order valence-corrected chi connectivity index (χ2v) is 13.4. The molecule has 0 atom stereocenters. The number of furan rings is 1. The summed E-state index contributed by atoms with van der Waals surface area (Å²) in [6.07, 6.45) is 0. The minimum Gasteiger partial charge on any atom is -0.455 e. The molecule has 0 unspecified atom stereocenters. The second-order valence-electron chi connectivity index (χ2n) is 13.4. The SMILES string of the molecule is Cc1ccc(N2B3c4cc(C)ccc4-n4c5ccccc5c5c(-c6ccccc6)cc(c3c54)-c3c2ccc2c3oc3ccccc32)cc1. The van der Waals surface area contributed by atoms with Gasteiger partial charge in [-0.1, -0.05) is 102 Å². The number of aromatic nitrogens is 1. The Balaban J connectivity index is 1.41. The Bertz CT molecular complexity index is 2810. The molecule has 9 aromatic rings. The molecule has 0 spiro atoms. The smallest absolute Gasteiger partial charge is 0.333 e. The molecule has 0 radical (unpaired) electrons. The maximum atomic E-state index is 6.87. The predicted molar refractivity (Wildman–Crippen MR) is 202 cm³/mol. The Kier molecular flexibility index (Phi) is 5.06. The third kappa shape index (κ3) is 3.29. The van der Waals surface area contributed by atoms with Gasteiger partial charge in [0.1, 0.15) is 11.2 Å². The molecule has 0 N–H and O–H groups in total. The van der Waals surface area contributed by atoms with Crippen LogP contribution in [0.4, 0.5) is 11.4 Å². The van der Waals surface area contributed by atoms with E-state index in [9.17, 15) is 0 Å². The summed E-state index contributed by atoms with van der Waals surface area (Å²) >= 11 is 0. The molecule has 0 saturated carbocycles. The molecule has 0 saturated heterocycles. The van der Waals surface area contributed by atoms with Crippen LogP contribution >= 0.6 is 0 Å². The van der Waals surface area contributed by atoms with Crippen LogP contribution in [-0.2, 0) is 0 Å². The Labute approximate surface area is 278 Å². The van der Waals surface area contributed by atoms with Crippen molar-refractivity contribution in [1.82, 2.24) is 4.57 Å². The van der Waals surface area contributed by atoms with E-state index in [1.54, 1.807) is 0 Å². The molecule has 3 nitrogen and oxygen atoms in total. The van der Waals surface area contributed by atoms with E-state index >= 15 is 0 Å². The molecule has 4 heterocycles. The first-order valence-corrected chi connectivity index (χ1v) is 16.7. The molecule has 48 heavy (non-hydrogen) atoms. The predicted octanol–water partition coefficient (Wildman–Crippen LogP) is 10.2. The summed E-state index contributed by atoms with van der Waals surface area (Å²) in [5, 5.41) is 4.87. The fraction of sp³-hybridized carbons (Fsp3) is 0.0455. The van der Waals surface area contributed by atoms with E-state index < -0.39 is 0 Å². The molecule has 224 valence electrons. The van der Waals surface area contributed by atoms with E-state index in [2.05, 4.69) is 163 Å². The highest BCUT2D eigenvalue weighted by molar-refractivity contribution is 6.94. The fourth-order valence-electron chi connectivity index (χ4n) is 8.66. The number of hydrogen-bond donors (Lipinski definition) is 0. The van der Waals surface area contributed by atoms with Gasteiger partial charge in [-0.15, -0.1) is 0 Å². The van der Waals surface area contributed by atoms with Crippen LogP contribution in [0, 0.1) is 13.8 Å². The lowest BCUT2D eigenvalue weighted by Crippen LogP contribution is -2.60. The summed E-state index contributed by atoms with van der Waals surface area (Å²) in [5.74, 6) is 0. The highest BCUT2D eigenvalue weighted by Gasteiger charge is 2.45. The van der Waals surface area contributed by atoms with Gasteiger partial charge in [-0.25, -0.2) is 0 Å². The average Bonchev–Trinajstić information content (AvgIpc) is 3.68. The number of nitrogens with zero attached hydrogens (tertiary/aromatic N) is 2. The average molecular weight is 613 g/mol. The molecule has 0 bridgehead atoms. The highest BCUT2D eigenvalue weighted by atomic mass is 16.3. The zero-order chi connectivity index (χ0) is 31.7. The molecule has 0 aliphatic carbocycles. The number of hydrogen-bond acceptors (Lipinski definition) is 2. The van der Waals surface area contributed by atoms with E-state index in [4.69, 9.17) is 4.42 Å². The van der Waals surface area contributed by atoms with Crippen molar-refractivity contribution in [1.29, 1.82) is 0 Å². The molecule has 4 heteroatoms. The normalized spacial score (nSPS) is 13.1. The van der Waals surface area contributed by atoms with Gasteiger partial charge in [-0.3, -0.25) is 0 Å². The first-order chi connectivity index (χ1) is 23.7. The molecule has 7 aromatic carbocycles. The lowest BCUT2D eigenvalue weighted by Gasteiger charge is -2.42. The summed E-state index contributed by atoms with van der Waals surface area (Å²) in [5.41, 5.74) is 18.0. The summed E-state index contributed by atoms with van der Waals surface area (Å²) in [6.45, 7) is 4.34. The summed E-state index contributed by atoms with van der Waals surface area (Å²) in [4.78, 5) is 2.57. The van der Waals surface area contributed by atoms with Crippen LogP contribution in [-0.4, -0.2) is 11.4 Å². The molecule has 2 aliphatic heterocycles. The number of fused-ring (bicyclic) bond motifs is 12. The zero-order valence-corrected chi connectivity index (χ0v) is 26.7. The topological polar surface area (TPSA) is 21.3 Å². The van der Waals surface area contributed by atoms with Crippen LogP contribution in [0.1, 0.15) is 11.1 Å². The van der Waals surface area contributed by atoms with E-state index in [1.165, 1.54) is 77.6 Å². The number of benzene rings is 7. The number of para-hydroxylation sites is 2. The second kappa shape index (κ2) is 9.30. The Morgan fingerprint density at radius 2 is 1.31 bits per heavy atom. The molecule has 0 fully saturated rings. The Morgan fingerprint density at radius 3 is 2.17 bits per heavy atom. The van der Waals surface area contributed by atoms with Gasteiger partial charge in [0.2, 0.25) is 0 Å². The van der Waals surface area contributed by atoms with Crippen LogP contribution in [0.25, 0.3) is 71.7 Å². The molecule has 0 amide bonds. The quantitative estimate of drug-likeness (QED) is 0.181. The first kappa shape index (κ1) is 26.1. The molecular formula is C44H29BN2O. The van der Waals surface area contributed by atoms with Gasteiger partial charge in [0, 0.05) is 44.2 Å².